The van der Waals surface area contributed by atoms with Gasteiger partial charge in [-0.25, -0.2) is 19.9 Å². The Morgan fingerprint density at radius 1 is 1.22 bits per heavy atom. The van der Waals surface area contributed by atoms with Crippen LogP contribution in [-0.4, -0.2) is 64.1 Å². The maximum atomic E-state index is 12.5. The monoisotopic (exact) mass is 434 g/mol. The van der Waals surface area contributed by atoms with Crippen molar-refractivity contribution in [1.82, 2.24) is 34.4 Å². The molecule has 0 aliphatic carbocycles. The molecular weight excluding hydrogens is 408 g/mol. The van der Waals surface area contributed by atoms with Crippen LogP contribution in [0.15, 0.2) is 36.9 Å². The molecule has 10 nitrogen and oxygen atoms in total. The highest BCUT2D eigenvalue weighted by molar-refractivity contribution is 5.84. The molecule has 32 heavy (non-hydrogen) atoms. The van der Waals surface area contributed by atoms with Crippen molar-refractivity contribution in [3.63, 3.8) is 0 Å². The number of fused-ring (bicyclic) bond motifs is 2. The number of nitrogens with zero attached hydrogens (tertiary/aromatic N) is 6. The molecular formula is C22H26N8O2. The van der Waals surface area contributed by atoms with Gasteiger partial charge in [-0.15, -0.1) is 0 Å². The third kappa shape index (κ3) is 3.66. The van der Waals surface area contributed by atoms with Gasteiger partial charge in [0.05, 0.1) is 23.9 Å². The maximum absolute atomic E-state index is 12.5. The van der Waals surface area contributed by atoms with E-state index in [1.165, 1.54) is 6.33 Å². The molecule has 0 radical (unpaired) electrons. The van der Waals surface area contributed by atoms with Crippen molar-refractivity contribution in [2.45, 2.75) is 44.9 Å². The first-order chi connectivity index (χ1) is 15.4. The third-order valence-corrected chi connectivity index (χ3v) is 5.95. The van der Waals surface area contributed by atoms with E-state index in [2.05, 4.69) is 35.9 Å². The van der Waals surface area contributed by atoms with Crippen molar-refractivity contribution in [1.29, 1.82) is 0 Å². The van der Waals surface area contributed by atoms with E-state index in [0.717, 1.165) is 35.2 Å². The zero-order chi connectivity index (χ0) is 22.3. The number of imidazole rings is 2. The summed E-state index contributed by atoms with van der Waals surface area (Å²) < 4.78 is 2.28. The fourth-order valence-electron chi connectivity index (χ4n) is 4.40. The number of carbonyl (C=O) groups excluding carboxylic acids is 1. The number of aliphatic hydroxyl groups is 1. The summed E-state index contributed by atoms with van der Waals surface area (Å²) in [7, 11) is 0. The number of hydrogen-bond acceptors (Lipinski definition) is 7. The Kier molecular flexibility index (Phi) is 5.01. The molecule has 1 aromatic carbocycles. The molecule has 5 rings (SSSR count). The summed E-state index contributed by atoms with van der Waals surface area (Å²) >= 11 is 0. The fraction of sp³-hybridized carbons (Fsp3) is 0.409. The number of carbonyl (C=O) groups is 1. The van der Waals surface area contributed by atoms with E-state index < -0.39 is 5.60 Å². The van der Waals surface area contributed by atoms with Crippen LogP contribution in [0.3, 0.4) is 0 Å². The Labute approximate surface area is 184 Å². The number of rotatable bonds is 5. The number of piperidine rings is 1. The highest BCUT2D eigenvalue weighted by Gasteiger charge is 2.33. The highest BCUT2D eigenvalue weighted by Crippen LogP contribution is 2.30. The predicted molar refractivity (Wildman–Crippen MR) is 120 cm³/mol. The van der Waals surface area contributed by atoms with Gasteiger partial charge in [0, 0.05) is 19.1 Å². The van der Waals surface area contributed by atoms with Gasteiger partial charge >= 0.3 is 0 Å². The zero-order valence-corrected chi connectivity index (χ0v) is 18.1. The lowest BCUT2D eigenvalue weighted by Crippen LogP contribution is -2.48. The van der Waals surface area contributed by atoms with E-state index in [-0.39, 0.29) is 11.9 Å². The van der Waals surface area contributed by atoms with E-state index in [1.54, 1.807) is 25.1 Å². The van der Waals surface area contributed by atoms with E-state index in [0.29, 0.717) is 31.1 Å². The maximum Gasteiger partial charge on any atom is 0.253 e. The van der Waals surface area contributed by atoms with Gasteiger partial charge in [0.2, 0.25) is 0 Å². The quantitative estimate of drug-likeness (QED) is 0.440. The summed E-state index contributed by atoms with van der Waals surface area (Å²) in [5.74, 6) is 1.36. The number of hydrogen-bond donors (Lipinski definition) is 3. The Bertz CT molecular complexity index is 1260. The smallest absolute Gasteiger partial charge is 0.253 e. The number of amides is 1. The molecule has 0 atom stereocenters. The summed E-state index contributed by atoms with van der Waals surface area (Å²) in [6.45, 7) is 4.78. The first kappa shape index (κ1) is 20.4. The molecule has 1 amide bonds. The summed E-state index contributed by atoms with van der Waals surface area (Å²) in [4.78, 5) is 34.8. The molecule has 10 heteroatoms. The van der Waals surface area contributed by atoms with Gasteiger partial charge < -0.3 is 24.9 Å². The van der Waals surface area contributed by atoms with Crippen molar-refractivity contribution in [2.24, 2.45) is 0 Å². The minimum absolute atomic E-state index is 0.211. The molecule has 1 saturated heterocycles. The number of nitrogens with one attached hydrogen (secondary N) is 2. The fourth-order valence-corrected chi connectivity index (χ4v) is 4.40. The lowest BCUT2D eigenvalue weighted by atomic mass is 10.0. The van der Waals surface area contributed by atoms with Crippen molar-refractivity contribution >= 4 is 33.9 Å². The molecule has 3 aromatic heterocycles. The van der Waals surface area contributed by atoms with Gasteiger partial charge in [-0.2, -0.15) is 0 Å². The normalized spacial score (nSPS) is 15.5. The van der Waals surface area contributed by atoms with Crippen molar-refractivity contribution in [3.05, 3.63) is 42.7 Å². The third-order valence-electron chi connectivity index (χ3n) is 5.95. The second-order valence-electron chi connectivity index (χ2n) is 8.65. The summed E-state index contributed by atoms with van der Waals surface area (Å²) in [5, 5.41) is 13.5. The number of anilines is 1. The van der Waals surface area contributed by atoms with E-state index in [1.807, 2.05) is 18.2 Å². The zero-order valence-electron chi connectivity index (χ0n) is 18.1. The van der Waals surface area contributed by atoms with E-state index in [9.17, 15) is 9.90 Å². The summed E-state index contributed by atoms with van der Waals surface area (Å²) in [6, 6.07) is 8.31. The SMILES string of the molecule is CC(C)(O)C(=O)N1CCC(n2c(CNc3ncnc4nc[nH]c34)nc3ccccc32)CC1. The number of para-hydroxylation sites is 2. The molecule has 3 N–H and O–H groups in total. The minimum Gasteiger partial charge on any atom is -0.381 e. The van der Waals surface area contributed by atoms with E-state index >= 15 is 0 Å². The standard InChI is InChI=1S/C22H26N8O2/c1-22(2,32)21(31)29-9-7-14(8-10-29)30-16-6-4-3-5-15(16)28-17(30)11-23-19-18-20(25-12-24-18)27-13-26-19/h3-6,12-14,32H,7-11H2,1-2H3,(H2,23,24,25,26,27). The number of likely N-dealkylation sites (tertiary alicyclic amines) is 1. The summed E-state index contributed by atoms with van der Waals surface area (Å²) in [5.41, 5.74) is 2.03. The van der Waals surface area contributed by atoms with Gasteiger partial charge in [0.15, 0.2) is 11.5 Å². The highest BCUT2D eigenvalue weighted by atomic mass is 16.3. The number of H-pyrrole nitrogens is 1. The molecule has 0 bridgehead atoms. The average molecular weight is 435 g/mol. The van der Waals surface area contributed by atoms with Gasteiger partial charge in [0.25, 0.3) is 5.91 Å². The van der Waals surface area contributed by atoms with Crippen LogP contribution in [0.1, 0.15) is 38.6 Å². The second kappa shape index (κ2) is 7.86. The van der Waals surface area contributed by atoms with Crippen molar-refractivity contribution in [2.75, 3.05) is 18.4 Å². The Hall–Kier alpha value is -3.53. The van der Waals surface area contributed by atoms with Crippen LogP contribution < -0.4 is 5.32 Å². The van der Waals surface area contributed by atoms with Crippen LogP contribution in [0.25, 0.3) is 22.2 Å². The number of benzene rings is 1. The second-order valence-corrected chi connectivity index (χ2v) is 8.65. The molecule has 4 heterocycles. The number of aromatic amines is 1. The minimum atomic E-state index is -1.35. The molecule has 1 aliphatic heterocycles. The Morgan fingerprint density at radius 3 is 2.78 bits per heavy atom. The van der Waals surface area contributed by atoms with Crippen LogP contribution in [0.2, 0.25) is 0 Å². The first-order valence-electron chi connectivity index (χ1n) is 10.8. The van der Waals surface area contributed by atoms with Crippen LogP contribution in [0, 0.1) is 0 Å². The largest absolute Gasteiger partial charge is 0.381 e. The van der Waals surface area contributed by atoms with Crippen LogP contribution in [0.4, 0.5) is 5.82 Å². The van der Waals surface area contributed by atoms with Crippen LogP contribution >= 0.6 is 0 Å². The lowest BCUT2D eigenvalue weighted by molar-refractivity contribution is -0.149. The molecule has 1 fully saturated rings. The van der Waals surface area contributed by atoms with E-state index in [4.69, 9.17) is 4.98 Å². The Morgan fingerprint density at radius 2 is 2.00 bits per heavy atom. The van der Waals surface area contributed by atoms with Crippen LogP contribution in [-0.2, 0) is 11.3 Å². The first-order valence-corrected chi connectivity index (χ1v) is 10.8. The topological polar surface area (TPSA) is 125 Å². The van der Waals surface area contributed by atoms with Gasteiger partial charge in [0.1, 0.15) is 23.3 Å². The average Bonchev–Trinajstić information content (AvgIpc) is 3.41. The van der Waals surface area contributed by atoms with Gasteiger partial charge in [-0.3, -0.25) is 4.79 Å². The molecule has 0 spiro atoms. The summed E-state index contributed by atoms with van der Waals surface area (Å²) in [6.07, 6.45) is 4.69. The molecule has 0 saturated carbocycles. The lowest BCUT2D eigenvalue weighted by Gasteiger charge is -2.36. The Balaban J connectivity index is 1.40. The molecule has 4 aromatic rings. The van der Waals surface area contributed by atoms with Crippen molar-refractivity contribution < 1.29 is 9.90 Å². The molecule has 166 valence electrons. The molecule has 0 unspecified atom stereocenters. The molecule has 1 aliphatic rings. The van der Waals surface area contributed by atoms with Gasteiger partial charge in [-0.1, -0.05) is 12.1 Å². The predicted octanol–water partition coefficient (Wildman–Crippen LogP) is 2.25. The number of aromatic nitrogens is 6. The van der Waals surface area contributed by atoms with Crippen molar-refractivity contribution in [3.8, 4) is 0 Å². The van der Waals surface area contributed by atoms with Crippen LogP contribution in [0.5, 0.6) is 0 Å². The van der Waals surface area contributed by atoms with Gasteiger partial charge in [-0.05, 0) is 38.8 Å².